The molecule has 7 heteroatoms. The summed E-state index contributed by atoms with van der Waals surface area (Å²) in [5.41, 5.74) is 3.18. The summed E-state index contributed by atoms with van der Waals surface area (Å²) in [5.74, 6) is -0.0283. The van der Waals surface area contributed by atoms with E-state index in [2.05, 4.69) is 11.4 Å². The molecular formula is C22H28N2O4S. The van der Waals surface area contributed by atoms with Crippen LogP contribution >= 0.6 is 0 Å². The standard InChI is InChI=1S/C22H28N2O4S/c1-4-24(29(26,27)21-14-16(2)12-13-20(21)28-3)15-22(25)23-19-11-7-9-17-8-5-6-10-18(17)19/h5-6,8,10,12-14,19H,4,7,9,11,15H2,1-3H3,(H,23,25)/t19-/m0/s1. The normalized spacial score (nSPS) is 16.3. The van der Waals surface area contributed by atoms with Gasteiger partial charge < -0.3 is 10.1 Å². The minimum Gasteiger partial charge on any atom is -0.495 e. The molecule has 0 radical (unpaired) electrons. The third-order valence-electron chi connectivity index (χ3n) is 5.31. The number of carbonyl (C=O) groups excluding carboxylic acids is 1. The van der Waals surface area contributed by atoms with Crippen molar-refractivity contribution in [2.24, 2.45) is 0 Å². The predicted molar refractivity (Wildman–Crippen MR) is 112 cm³/mol. The van der Waals surface area contributed by atoms with E-state index in [1.54, 1.807) is 25.1 Å². The first-order valence-corrected chi connectivity index (χ1v) is 11.3. The average Bonchev–Trinajstić information content (AvgIpc) is 2.72. The lowest BCUT2D eigenvalue weighted by Crippen LogP contribution is -2.42. The lowest BCUT2D eigenvalue weighted by Gasteiger charge is -2.28. The maximum atomic E-state index is 13.2. The van der Waals surface area contributed by atoms with Crippen molar-refractivity contribution in [2.45, 2.75) is 44.0 Å². The molecule has 1 atom stereocenters. The maximum absolute atomic E-state index is 13.2. The molecule has 0 bridgehead atoms. The van der Waals surface area contributed by atoms with Gasteiger partial charge in [0.2, 0.25) is 15.9 Å². The van der Waals surface area contributed by atoms with Crippen LogP contribution in [-0.4, -0.2) is 38.8 Å². The van der Waals surface area contributed by atoms with Gasteiger partial charge in [-0.15, -0.1) is 0 Å². The molecule has 1 N–H and O–H groups in total. The van der Waals surface area contributed by atoms with Crippen molar-refractivity contribution < 1.29 is 17.9 Å². The van der Waals surface area contributed by atoms with Crippen LogP contribution in [0.4, 0.5) is 0 Å². The topological polar surface area (TPSA) is 75.7 Å². The number of benzene rings is 2. The van der Waals surface area contributed by atoms with E-state index in [0.717, 1.165) is 30.4 Å². The number of nitrogens with zero attached hydrogens (tertiary/aromatic N) is 1. The molecule has 0 fully saturated rings. The predicted octanol–water partition coefficient (Wildman–Crippen LogP) is 3.21. The van der Waals surface area contributed by atoms with Gasteiger partial charge >= 0.3 is 0 Å². The van der Waals surface area contributed by atoms with Gasteiger partial charge in [0.25, 0.3) is 0 Å². The molecule has 0 saturated heterocycles. The molecule has 0 aliphatic heterocycles. The van der Waals surface area contributed by atoms with E-state index < -0.39 is 10.0 Å². The average molecular weight is 417 g/mol. The third kappa shape index (κ3) is 4.62. The Hall–Kier alpha value is -2.38. The van der Waals surface area contributed by atoms with Gasteiger partial charge in [0, 0.05) is 6.54 Å². The number of carbonyl (C=O) groups is 1. The smallest absolute Gasteiger partial charge is 0.247 e. The number of hydrogen-bond donors (Lipinski definition) is 1. The van der Waals surface area contributed by atoms with Gasteiger partial charge in [0.05, 0.1) is 19.7 Å². The number of fused-ring (bicyclic) bond motifs is 1. The molecule has 0 aromatic heterocycles. The van der Waals surface area contributed by atoms with Crippen LogP contribution in [0.25, 0.3) is 0 Å². The summed E-state index contributed by atoms with van der Waals surface area (Å²) in [5, 5.41) is 3.03. The van der Waals surface area contributed by atoms with Crippen molar-refractivity contribution >= 4 is 15.9 Å². The van der Waals surface area contributed by atoms with Crippen LogP contribution in [0.2, 0.25) is 0 Å². The molecule has 1 aliphatic rings. The Morgan fingerprint density at radius 3 is 2.72 bits per heavy atom. The van der Waals surface area contributed by atoms with Gasteiger partial charge in [-0.3, -0.25) is 4.79 Å². The molecule has 0 saturated carbocycles. The van der Waals surface area contributed by atoms with Crippen LogP contribution in [0.3, 0.4) is 0 Å². The molecule has 1 aliphatic carbocycles. The van der Waals surface area contributed by atoms with E-state index in [4.69, 9.17) is 4.74 Å². The Morgan fingerprint density at radius 2 is 2.00 bits per heavy atom. The Balaban J connectivity index is 1.78. The highest BCUT2D eigenvalue weighted by molar-refractivity contribution is 7.89. The number of hydrogen-bond acceptors (Lipinski definition) is 4. The summed E-state index contributed by atoms with van der Waals surface area (Å²) in [6.07, 6.45) is 2.86. The molecule has 1 amide bonds. The second-order valence-electron chi connectivity index (χ2n) is 7.30. The van der Waals surface area contributed by atoms with E-state index in [9.17, 15) is 13.2 Å². The van der Waals surface area contributed by atoms with Gasteiger partial charge in [-0.05, 0) is 55.0 Å². The van der Waals surface area contributed by atoms with Gasteiger partial charge in [0.15, 0.2) is 0 Å². The zero-order valence-electron chi connectivity index (χ0n) is 17.1. The molecule has 2 aromatic rings. The number of ether oxygens (including phenoxy) is 1. The Kier molecular flexibility index (Phi) is 6.59. The highest BCUT2D eigenvalue weighted by Crippen LogP contribution is 2.30. The zero-order valence-corrected chi connectivity index (χ0v) is 18.0. The van der Waals surface area contributed by atoms with Gasteiger partial charge in [-0.2, -0.15) is 4.31 Å². The fourth-order valence-corrected chi connectivity index (χ4v) is 5.44. The van der Waals surface area contributed by atoms with Crippen molar-refractivity contribution in [3.8, 4) is 5.75 Å². The number of amides is 1. The second kappa shape index (κ2) is 8.97. The SMILES string of the molecule is CCN(CC(=O)N[C@H]1CCCc2ccccc21)S(=O)(=O)c1cc(C)ccc1OC. The van der Waals surface area contributed by atoms with E-state index in [0.29, 0.717) is 0 Å². The first-order valence-electron chi connectivity index (χ1n) is 9.88. The van der Waals surface area contributed by atoms with Crippen LogP contribution < -0.4 is 10.1 Å². The Labute approximate surface area is 172 Å². The summed E-state index contributed by atoms with van der Waals surface area (Å²) in [6.45, 7) is 3.51. The Morgan fingerprint density at radius 1 is 1.24 bits per heavy atom. The molecule has 6 nitrogen and oxygen atoms in total. The fraction of sp³-hybridized carbons (Fsp3) is 0.409. The first-order chi connectivity index (χ1) is 13.9. The summed E-state index contributed by atoms with van der Waals surface area (Å²) in [6, 6.07) is 13.0. The molecule has 156 valence electrons. The van der Waals surface area contributed by atoms with E-state index in [1.807, 2.05) is 25.1 Å². The highest BCUT2D eigenvalue weighted by atomic mass is 32.2. The van der Waals surface area contributed by atoms with Gasteiger partial charge in [-0.25, -0.2) is 8.42 Å². The minimum atomic E-state index is -3.87. The molecule has 3 rings (SSSR count). The number of nitrogens with one attached hydrogen (secondary N) is 1. The second-order valence-corrected chi connectivity index (χ2v) is 9.20. The van der Waals surface area contributed by atoms with Crippen LogP contribution in [0, 0.1) is 6.92 Å². The van der Waals surface area contributed by atoms with Crippen LogP contribution in [0.15, 0.2) is 47.4 Å². The number of methoxy groups -OCH3 is 1. The summed E-state index contributed by atoms with van der Waals surface area (Å²) in [7, 11) is -2.43. The number of aryl methyl sites for hydroxylation is 2. The van der Waals surface area contributed by atoms with Crippen LogP contribution in [-0.2, 0) is 21.2 Å². The van der Waals surface area contributed by atoms with Crippen molar-refractivity contribution in [3.63, 3.8) is 0 Å². The highest BCUT2D eigenvalue weighted by Gasteiger charge is 2.30. The maximum Gasteiger partial charge on any atom is 0.247 e. The van der Waals surface area contributed by atoms with E-state index in [-0.39, 0.29) is 35.7 Å². The van der Waals surface area contributed by atoms with Gasteiger partial charge in [0.1, 0.15) is 10.6 Å². The number of rotatable bonds is 7. The fourth-order valence-electron chi connectivity index (χ4n) is 3.80. The van der Waals surface area contributed by atoms with Crippen molar-refractivity contribution in [2.75, 3.05) is 20.2 Å². The lowest BCUT2D eigenvalue weighted by molar-refractivity contribution is -0.122. The molecule has 0 spiro atoms. The van der Waals surface area contributed by atoms with Gasteiger partial charge in [-0.1, -0.05) is 37.3 Å². The van der Waals surface area contributed by atoms with E-state index in [1.165, 1.54) is 17.0 Å². The quantitative estimate of drug-likeness (QED) is 0.752. The molecule has 0 unspecified atom stereocenters. The van der Waals surface area contributed by atoms with Crippen LogP contribution in [0.1, 0.15) is 42.5 Å². The van der Waals surface area contributed by atoms with Crippen molar-refractivity contribution in [1.82, 2.24) is 9.62 Å². The molecule has 2 aromatic carbocycles. The monoisotopic (exact) mass is 416 g/mol. The van der Waals surface area contributed by atoms with Crippen LogP contribution in [0.5, 0.6) is 5.75 Å². The largest absolute Gasteiger partial charge is 0.495 e. The van der Waals surface area contributed by atoms with Crippen molar-refractivity contribution in [1.29, 1.82) is 0 Å². The molecule has 29 heavy (non-hydrogen) atoms. The summed E-state index contributed by atoms with van der Waals surface area (Å²) < 4.78 is 32.8. The zero-order chi connectivity index (χ0) is 21.0. The summed E-state index contributed by atoms with van der Waals surface area (Å²) in [4.78, 5) is 12.8. The van der Waals surface area contributed by atoms with E-state index >= 15 is 0 Å². The minimum absolute atomic E-state index is 0.0811. The summed E-state index contributed by atoms with van der Waals surface area (Å²) >= 11 is 0. The lowest BCUT2D eigenvalue weighted by atomic mass is 9.88. The van der Waals surface area contributed by atoms with Crippen molar-refractivity contribution in [3.05, 3.63) is 59.2 Å². The molecule has 0 heterocycles. The molecular weight excluding hydrogens is 388 g/mol. The number of sulfonamides is 1. The number of likely N-dealkylation sites (N-methyl/N-ethyl adjacent to an activating group) is 1. The Bertz CT molecular complexity index is 988. The third-order valence-corrected chi connectivity index (χ3v) is 7.26. The first kappa shape index (κ1) is 21.3.